The first kappa shape index (κ1) is 10.6. The third-order valence-electron chi connectivity index (χ3n) is 1.96. The van der Waals surface area contributed by atoms with Crippen LogP contribution in [0.4, 0.5) is 0 Å². The minimum absolute atomic E-state index is 0.0712. The van der Waals surface area contributed by atoms with Crippen LogP contribution in [0.5, 0.6) is 0 Å². The van der Waals surface area contributed by atoms with E-state index in [0.29, 0.717) is 13.0 Å². The maximum Gasteiger partial charge on any atom is 0.218 e. The van der Waals surface area contributed by atoms with E-state index in [0.717, 1.165) is 5.82 Å². The second-order valence-electron chi connectivity index (χ2n) is 3.19. The van der Waals surface area contributed by atoms with Crippen molar-refractivity contribution < 1.29 is 4.79 Å². The van der Waals surface area contributed by atoms with Crippen LogP contribution in [-0.4, -0.2) is 27.2 Å². The summed E-state index contributed by atoms with van der Waals surface area (Å²) >= 11 is 0. The molecule has 0 aliphatic heterocycles. The summed E-state index contributed by atoms with van der Waals surface area (Å²) in [6.45, 7) is 2.52. The van der Waals surface area contributed by atoms with Gasteiger partial charge >= 0.3 is 0 Å². The highest BCUT2D eigenvalue weighted by molar-refractivity contribution is 5.73. The van der Waals surface area contributed by atoms with Crippen molar-refractivity contribution in [3.8, 4) is 0 Å². The minimum atomic E-state index is -0.303. The Bertz CT molecular complexity index is 308. The number of hydrogen-bond acceptors (Lipinski definition) is 4. The molecule has 1 amide bonds. The van der Waals surface area contributed by atoms with Crippen molar-refractivity contribution in [3.63, 3.8) is 0 Å². The second-order valence-corrected chi connectivity index (χ2v) is 3.19. The Morgan fingerprint density at radius 3 is 3.00 bits per heavy atom. The molecule has 1 atom stereocenters. The summed E-state index contributed by atoms with van der Waals surface area (Å²) in [4.78, 5) is 10.5. The van der Waals surface area contributed by atoms with E-state index in [9.17, 15) is 4.79 Å². The Morgan fingerprint density at radius 1 is 1.79 bits per heavy atom. The predicted octanol–water partition coefficient (Wildman–Crippen LogP) is -0.659. The smallest absolute Gasteiger partial charge is 0.218 e. The largest absolute Gasteiger partial charge is 0.370 e. The number of hydrogen-bond donors (Lipinski definition) is 2. The molecule has 0 aromatic carbocycles. The number of carbonyl (C=O) groups is 1. The van der Waals surface area contributed by atoms with Gasteiger partial charge in [-0.1, -0.05) is 0 Å². The van der Waals surface area contributed by atoms with Crippen LogP contribution in [0.15, 0.2) is 6.33 Å². The first-order valence-electron chi connectivity index (χ1n) is 4.47. The van der Waals surface area contributed by atoms with Gasteiger partial charge in [0.15, 0.2) is 0 Å². The van der Waals surface area contributed by atoms with E-state index in [1.807, 2.05) is 18.5 Å². The van der Waals surface area contributed by atoms with Crippen LogP contribution in [0.1, 0.15) is 25.2 Å². The molecule has 1 unspecified atom stereocenters. The summed E-state index contributed by atoms with van der Waals surface area (Å²) in [6, 6.07) is 0.0712. The fourth-order valence-electron chi connectivity index (χ4n) is 1.19. The molecule has 1 heterocycles. The molecule has 0 saturated heterocycles. The summed E-state index contributed by atoms with van der Waals surface area (Å²) in [5.74, 6) is 0.539. The fraction of sp³-hybridized carbons (Fsp3) is 0.625. The van der Waals surface area contributed by atoms with Gasteiger partial charge in [-0.05, 0) is 6.92 Å². The molecular formula is C8H15N5O. The minimum Gasteiger partial charge on any atom is -0.370 e. The Labute approximate surface area is 82.5 Å². The number of amides is 1. The molecule has 0 aliphatic carbocycles. The van der Waals surface area contributed by atoms with Gasteiger partial charge in [0.2, 0.25) is 5.91 Å². The molecule has 0 bridgehead atoms. The molecule has 1 rings (SSSR count). The van der Waals surface area contributed by atoms with E-state index in [1.54, 1.807) is 6.33 Å². The fourth-order valence-corrected chi connectivity index (χ4v) is 1.19. The quantitative estimate of drug-likeness (QED) is 0.656. The van der Waals surface area contributed by atoms with Gasteiger partial charge in [-0.3, -0.25) is 4.79 Å². The van der Waals surface area contributed by atoms with Gasteiger partial charge in [0.1, 0.15) is 12.2 Å². The topological polar surface area (TPSA) is 85.8 Å². The molecule has 78 valence electrons. The Hall–Kier alpha value is -1.43. The van der Waals surface area contributed by atoms with Crippen LogP contribution < -0.4 is 11.1 Å². The van der Waals surface area contributed by atoms with Gasteiger partial charge < -0.3 is 15.6 Å². The maximum atomic E-state index is 10.5. The molecule has 0 radical (unpaired) electrons. The van der Waals surface area contributed by atoms with Crippen LogP contribution in [0.3, 0.4) is 0 Å². The highest BCUT2D eigenvalue weighted by Gasteiger charge is 2.10. The van der Waals surface area contributed by atoms with E-state index in [-0.39, 0.29) is 11.9 Å². The van der Waals surface area contributed by atoms with Crippen molar-refractivity contribution in [1.82, 2.24) is 20.1 Å². The van der Waals surface area contributed by atoms with Crippen molar-refractivity contribution >= 4 is 5.91 Å². The summed E-state index contributed by atoms with van der Waals surface area (Å²) in [7, 11) is 1.88. The molecule has 3 N–H and O–H groups in total. The summed E-state index contributed by atoms with van der Waals surface area (Å²) < 4.78 is 1.84. The van der Waals surface area contributed by atoms with E-state index in [4.69, 9.17) is 5.73 Å². The lowest BCUT2D eigenvalue weighted by molar-refractivity contribution is -0.117. The zero-order valence-corrected chi connectivity index (χ0v) is 8.40. The standard InChI is InChI=1S/C8H15N5O/c1-6(10-4-3-7(9)14)8-12-11-5-13(8)2/h5-6,10H,3-4H2,1-2H3,(H2,9,14). The number of nitrogens with two attached hydrogens (primary N) is 1. The predicted molar refractivity (Wildman–Crippen MR) is 51.2 cm³/mol. The highest BCUT2D eigenvalue weighted by atomic mass is 16.1. The lowest BCUT2D eigenvalue weighted by atomic mass is 10.3. The maximum absolute atomic E-state index is 10.5. The SMILES string of the molecule is CC(NCCC(N)=O)c1nncn1C. The Morgan fingerprint density at radius 2 is 2.50 bits per heavy atom. The van der Waals surface area contributed by atoms with Crippen molar-refractivity contribution in [3.05, 3.63) is 12.2 Å². The lowest BCUT2D eigenvalue weighted by Crippen LogP contribution is -2.26. The number of rotatable bonds is 5. The number of aromatic nitrogens is 3. The van der Waals surface area contributed by atoms with Crippen molar-refractivity contribution in [2.75, 3.05) is 6.54 Å². The van der Waals surface area contributed by atoms with E-state index in [1.165, 1.54) is 0 Å². The summed E-state index contributed by atoms with van der Waals surface area (Å²) in [6.07, 6.45) is 1.98. The van der Waals surface area contributed by atoms with Crippen molar-refractivity contribution in [1.29, 1.82) is 0 Å². The van der Waals surface area contributed by atoms with Gasteiger partial charge in [-0.2, -0.15) is 0 Å². The number of nitrogens with one attached hydrogen (secondary N) is 1. The number of carbonyl (C=O) groups excluding carboxylic acids is 1. The average molecular weight is 197 g/mol. The molecule has 0 fully saturated rings. The van der Waals surface area contributed by atoms with Crippen LogP contribution in [0.25, 0.3) is 0 Å². The summed E-state index contributed by atoms with van der Waals surface area (Å²) in [5.41, 5.74) is 5.02. The summed E-state index contributed by atoms with van der Waals surface area (Å²) in [5, 5.41) is 10.8. The van der Waals surface area contributed by atoms with Gasteiger partial charge in [0.25, 0.3) is 0 Å². The van der Waals surface area contributed by atoms with Crippen molar-refractivity contribution in [2.24, 2.45) is 12.8 Å². The van der Waals surface area contributed by atoms with E-state index >= 15 is 0 Å². The molecule has 1 aromatic rings. The molecule has 0 spiro atoms. The first-order valence-corrected chi connectivity index (χ1v) is 4.47. The van der Waals surface area contributed by atoms with Gasteiger partial charge in [-0.15, -0.1) is 10.2 Å². The zero-order valence-electron chi connectivity index (χ0n) is 8.40. The Balaban J connectivity index is 2.39. The van der Waals surface area contributed by atoms with Gasteiger partial charge in [-0.25, -0.2) is 0 Å². The van der Waals surface area contributed by atoms with Crippen LogP contribution in [0, 0.1) is 0 Å². The molecular weight excluding hydrogens is 182 g/mol. The monoisotopic (exact) mass is 197 g/mol. The highest BCUT2D eigenvalue weighted by Crippen LogP contribution is 2.06. The second kappa shape index (κ2) is 4.71. The molecule has 6 nitrogen and oxygen atoms in total. The van der Waals surface area contributed by atoms with Gasteiger partial charge in [0, 0.05) is 20.0 Å². The van der Waals surface area contributed by atoms with Gasteiger partial charge in [0.05, 0.1) is 6.04 Å². The average Bonchev–Trinajstić information content (AvgIpc) is 2.50. The van der Waals surface area contributed by atoms with Crippen molar-refractivity contribution in [2.45, 2.75) is 19.4 Å². The normalized spacial score (nSPS) is 12.7. The zero-order chi connectivity index (χ0) is 10.6. The lowest BCUT2D eigenvalue weighted by Gasteiger charge is -2.11. The number of primary amides is 1. The third-order valence-corrected chi connectivity index (χ3v) is 1.96. The van der Waals surface area contributed by atoms with Crippen LogP contribution in [0.2, 0.25) is 0 Å². The van der Waals surface area contributed by atoms with E-state index < -0.39 is 0 Å². The molecule has 14 heavy (non-hydrogen) atoms. The van der Waals surface area contributed by atoms with Crippen LogP contribution in [-0.2, 0) is 11.8 Å². The molecule has 0 saturated carbocycles. The number of aryl methyl sites for hydroxylation is 1. The molecule has 1 aromatic heterocycles. The molecule has 0 aliphatic rings. The van der Waals surface area contributed by atoms with E-state index in [2.05, 4.69) is 15.5 Å². The molecule has 6 heteroatoms. The first-order chi connectivity index (χ1) is 6.61. The van der Waals surface area contributed by atoms with Crippen LogP contribution >= 0.6 is 0 Å². The Kier molecular flexibility index (Phi) is 3.58. The third kappa shape index (κ3) is 2.81. The number of nitrogens with zero attached hydrogens (tertiary/aromatic N) is 3.